The first-order valence-corrected chi connectivity index (χ1v) is 12.9. The summed E-state index contributed by atoms with van der Waals surface area (Å²) in [7, 11) is 0. The molecule has 0 spiro atoms. The van der Waals surface area contributed by atoms with Gasteiger partial charge in [-0.1, -0.05) is 30.5 Å². The van der Waals surface area contributed by atoms with Crippen LogP contribution in [0, 0.1) is 11.8 Å². The van der Waals surface area contributed by atoms with E-state index in [1.165, 1.54) is 17.6 Å². The average molecular weight is 475 g/mol. The van der Waals surface area contributed by atoms with E-state index >= 15 is 0 Å². The first-order valence-electron chi connectivity index (χ1n) is 12.0. The molecule has 1 amide bonds. The third kappa shape index (κ3) is 4.46. The van der Waals surface area contributed by atoms with E-state index in [0.29, 0.717) is 28.3 Å². The molecule has 178 valence electrons. The number of amides is 1. The standard InChI is InChI=1S/C24H31N3O5S/c28-22(25-21-10-13-31-26-21)16-27-11-8-17(9-12-27)19(15-27)32-23(29)24(30,20-7-4-14-33-20)18-5-2-1-3-6-18/h4,7,10,13-14,17-19,30H,1-3,5-6,8-9,11-12,15-16H2/p+1/t17?,19-,24?,27?/m0/s1. The predicted octanol–water partition coefficient (Wildman–Crippen LogP) is 3.29. The second kappa shape index (κ2) is 9.19. The average Bonchev–Trinajstić information content (AvgIpc) is 3.54. The summed E-state index contributed by atoms with van der Waals surface area (Å²) in [6, 6.07) is 5.34. The van der Waals surface area contributed by atoms with Gasteiger partial charge in [-0.15, -0.1) is 11.3 Å². The van der Waals surface area contributed by atoms with Crippen LogP contribution in [0.4, 0.5) is 5.82 Å². The number of fused-ring (bicyclic) bond motifs is 3. The zero-order chi connectivity index (χ0) is 22.9. The van der Waals surface area contributed by atoms with Crippen molar-refractivity contribution in [2.75, 3.05) is 31.5 Å². The fourth-order valence-corrected chi connectivity index (χ4v) is 6.94. The second-order valence-electron chi connectivity index (χ2n) is 9.92. The summed E-state index contributed by atoms with van der Waals surface area (Å²) in [6.07, 6.45) is 7.83. The number of hydrogen-bond donors (Lipinski definition) is 2. The molecule has 2 aromatic heterocycles. The first kappa shape index (κ1) is 22.6. The number of nitrogens with zero attached hydrogens (tertiary/aromatic N) is 2. The third-order valence-corrected chi connectivity index (χ3v) is 8.88. The molecule has 4 fully saturated rings. The van der Waals surface area contributed by atoms with Crippen LogP contribution in [0.1, 0.15) is 49.8 Å². The zero-order valence-electron chi connectivity index (χ0n) is 18.8. The third-order valence-electron chi connectivity index (χ3n) is 7.89. The molecule has 2 bridgehead atoms. The number of ether oxygens (including phenoxy) is 1. The van der Waals surface area contributed by atoms with Gasteiger partial charge in [0.15, 0.2) is 24.1 Å². The Bertz CT molecular complexity index is 949. The summed E-state index contributed by atoms with van der Waals surface area (Å²) in [5.41, 5.74) is -1.59. The molecule has 2 aromatic rings. The van der Waals surface area contributed by atoms with Crippen LogP contribution in [0.25, 0.3) is 0 Å². The molecule has 5 heterocycles. The maximum Gasteiger partial charge on any atom is 0.344 e. The summed E-state index contributed by atoms with van der Waals surface area (Å²) >= 11 is 1.42. The van der Waals surface area contributed by atoms with Gasteiger partial charge in [0.1, 0.15) is 12.8 Å². The van der Waals surface area contributed by atoms with E-state index in [-0.39, 0.29) is 23.8 Å². The smallest absolute Gasteiger partial charge is 0.344 e. The molecule has 33 heavy (non-hydrogen) atoms. The molecule has 3 aliphatic heterocycles. The van der Waals surface area contributed by atoms with Crippen molar-refractivity contribution in [1.29, 1.82) is 0 Å². The van der Waals surface area contributed by atoms with Gasteiger partial charge in [-0.25, -0.2) is 4.79 Å². The minimum Gasteiger partial charge on any atom is -0.454 e. The minimum absolute atomic E-state index is 0.116. The highest BCUT2D eigenvalue weighted by Gasteiger charge is 2.53. The van der Waals surface area contributed by atoms with Crippen molar-refractivity contribution in [1.82, 2.24) is 5.16 Å². The minimum atomic E-state index is -1.59. The molecule has 8 nitrogen and oxygen atoms in total. The van der Waals surface area contributed by atoms with Gasteiger partial charge >= 0.3 is 5.97 Å². The molecule has 9 heteroatoms. The van der Waals surface area contributed by atoms with Crippen molar-refractivity contribution in [3.05, 3.63) is 34.7 Å². The van der Waals surface area contributed by atoms with Crippen molar-refractivity contribution >= 4 is 29.0 Å². The Morgan fingerprint density at radius 3 is 2.67 bits per heavy atom. The lowest BCUT2D eigenvalue weighted by atomic mass is 9.75. The largest absolute Gasteiger partial charge is 0.454 e. The highest BCUT2D eigenvalue weighted by atomic mass is 32.1. The van der Waals surface area contributed by atoms with E-state index in [4.69, 9.17) is 9.26 Å². The van der Waals surface area contributed by atoms with Gasteiger partial charge in [0.25, 0.3) is 5.91 Å². The van der Waals surface area contributed by atoms with E-state index < -0.39 is 11.6 Å². The van der Waals surface area contributed by atoms with Crippen LogP contribution in [0.5, 0.6) is 0 Å². The lowest BCUT2D eigenvalue weighted by molar-refractivity contribution is -0.939. The summed E-state index contributed by atoms with van der Waals surface area (Å²) in [5, 5.41) is 20.2. The number of anilines is 1. The Kier molecular flexibility index (Phi) is 6.28. The fraction of sp³-hybridized carbons (Fsp3) is 0.625. The van der Waals surface area contributed by atoms with E-state index in [2.05, 4.69) is 10.5 Å². The normalized spacial score (nSPS) is 29.4. The Hall–Kier alpha value is -2.23. The Morgan fingerprint density at radius 1 is 1.21 bits per heavy atom. The van der Waals surface area contributed by atoms with Crippen LogP contribution in [-0.2, 0) is 19.9 Å². The Morgan fingerprint density at radius 2 is 2.00 bits per heavy atom. The number of nitrogens with one attached hydrogen (secondary N) is 1. The summed E-state index contributed by atoms with van der Waals surface area (Å²) in [4.78, 5) is 26.9. The predicted molar refractivity (Wildman–Crippen MR) is 122 cm³/mol. The number of carbonyl (C=O) groups excluding carboxylic acids is 2. The van der Waals surface area contributed by atoms with Crippen molar-refractivity contribution in [2.24, 2.45) is 11.8 Å². The molecule has 1 aliphatic carbocycles. The van der Waals surface area contributed by atoms with Crippen LogP contribution in [0.3, 0.4) is 0 Å². The van der Waals surface area contributed by atoms with Gasteiger partial charge < -0.3 is 24.2 Å². The highest BCUT2D eigenvalue weighted by molar-refractivity contribution is 7.10. The first-order chi connectivity index (χ1) is 16.0. The van der Waals surface area contributed by atoms with E-state index in [9.17, 15) is 14.7 Å². The van der Waals surface area contributed by atoms with Crippen LogP contribution >= 0.6 is 11.3 Å². The second-order valence-corrected chi connectivity index (χ2v) is 10.9. The van der Waals surface area contributed by atoms with E-state index in [0.717, 1.165) is 58.0 Å². The quantitative estimate of drug-likeness (QED) is 0.472. The summed E-state index contributed by atoms with van der Waals surface area (Å²) in [6.45, 7) is 2.70. The van der Waals surface area contributed by atoms with Crippen molar-refractivity contribution < 1.29 is 28.4 Å². The number of aromatic nitrogens is 1. The SMILES string of the molecule is O=C(C[N+]12CCC(CC1)[C@@H](OC(=O)C(O)(c1cccs1)C1CCCCC1)C2)Nc1ccon1. The van der Waals surface area contributed by atoms with E-state index in [1.54, 1.807) is 6.07 Å². The van der Waals surface area contributed by atoms with E-state index in [1.807, 2.05) is 17.5 Å². The fourth-order valence-electron chi connectivity index (χ4n) is 6.05. The lowest BCUT2D eigenvalue weighted by Crippen LogP contribution is -2.66. The van der Waals surface area contributed by atoms with Crippen LogP contribution in [0.15, 0.2) is 34.4 Å². The summed E-state index contributed by atoms with van der Waals surface area (Å²) in [5.74, 6) is -0.0599. The zero-order valence-corrected chi connectivity index (χ0v) is 19.6. The molecule has 0 radical (unpaired) electrons. The number of aliphatic hydroxyl groups is 1. The highest BCUT2D eigenvalue weighted by Crippen LogP contribution is 2.43. The maximum atomic E-state index is 13.6. The van der Waals surface area contributed by atoms with Crippen LogP contribution < -0.4 is 5.32 Å². The Balaban J connectivity index is 1.29. The van der Waals surface area contributed by atoms with Gasteiger partial charge in [-0.05, 0) is 24.3 Å². The van der Waals surface area contributed by atoms with Gasteiger partial charge in [0.05, 0.1) is 13.1 Å². The molecule has 1 unspecified atom stereocenters. The van der Waals surface area contributed by atoms with Gasteiger partial charge in [0.2, 0.25) is 0 Å². The lowest BCUT2D eigenvalue weighted by Gasteiger charge is -2.52. The van der Waals surface area contributed by atoms with Crippen molar-refractivity contribution in [2.45, 2.75) is 56.7 Å². The number of carbonyl (C=O) groups is 2. The number of quaternary nitrogens is 1. The number of thiophene rings is 1. The number of esters is 1. The molecule has 4 aliphatic rings. The molecular formula is C24H32N3O5S+. The molecule has 1 saturated carbocycles. The van der Waals surface area contributed by atoms with Crippen molar-refractivity contribution in [3.63, 3.8) is 0 Å². The molecule has 6 rings (SSSR count). The molecule has 3 saturated heterocycles. The van der Waals surface area contributed by atoms with Gasteiger partial charge in [-0.3, -0.25) is 4.79 Å². The van der Waals surface area contributed by atoms with Gasteiger partial charge in [-0.2, -0.15) is 0 Å². The monoisotopic (exact) mass is 474 g/mol. The Labute approximate surface area is 197 Å². The molecule has 0 aromatic carbocycles. The van der Waals surface area contributed by atoms with Crippen LogP contribution in [-0.4, -0.2) is 58.9 Å². The van der Waals surface area contributed by atoms with Crippen LogP contribution in [0.2, 0.25) is 0 Å². The summed E-state index contributed by atoms with van der Waals surface area (Å²) < 4.78 is 11.5. The molecular weight excluding hydrogens is 442 g/mol. The molecule has 2 N–H and O–H groups in total. The van der Waals surface area contributed by atoms with Crippen molar-refractivity contribution in [3.8, 4) is 0 Å². The number of hydrogen-bond acceptors (Lipinski definition) is 7. The number of rotatable bonds is 7. The maximum absolute atomic E-state index is 13.6. The topological polar surface area (TPSA) is 102 Å². The molecule has 2 atom stereocenters. The number of piperidine rings is 3. The van der Waals surface area contributed by atoms with Gasteiger partial charge in [0, 0.05) is 35.6 Å².